The Morgan fingerprint density at radius 3 is 2.29 bits per heavy atom. The molecule has 4 rings (SSSR count). The quantitative estimate of drug-likeness (QED) is 0.581. The maximum atomic E-state index is 13.9. The molecule has 1 aliphatic carbocycles. The lowest BCUT2D eigenvalue weighted by atomic mass is 9.98. The van der Waals surface area contributed by atoms with Gasteiger partial charge in [-0.2, -0.15) is 22.8 Å². The number of benzene rings is 2. The maximum Gasteiger partial charge on any atom is 0.417 e. The zero-order valence-corrected chi connectivity index (χ0v) is 17.5. The third kappa shape index (κ3) is 4.33. The number of aromatic nitrogens is 3. The number of nitrogens with zero attached hydrogens (tertiary/aromatic N) is 3. The average Bonchev–Trinajstić information content (AvgIpc) is 3.41. The van der Waals surface area contributed by atoms with Gasteiger partial charge in [0.1, 0.15) is 0 Å². The minimum atomic E-state index is -4.76. The molecule has 4 N–H and O–H groups in total. The first-order chi connectivity index (χ1) is 14.5. The minimum Gasteiger partial charge on any atom is -0.368 e. The Balaban J connectivity index is 1.80. The predicted octanol–water partition coefficient (Wildman–Crippen LogP) is 3.95. The van der Waals surface area contributed by atoms with Crippen molar-refractivity contribution < 1.29 is 21.6 Å². The van der Waals surface area contributed by atoms with E-state index < -0.39 is 21.6 Å². The molecule has 31 heavy (non-hydrogen) atoms. The highest BCUT2D eigenvalue weighted by Crippen LogP contribution is 2.43. The SMILES string of the molecule is Nc1nc(N)n(-c2cc(Cl)c(-c3ccc(S(=O)(=O)CC4CC4)cc3)c(C(F)(F)F)c2)n1. The van der Waals surface area contributed by atoms with Crippen LogP contribution in [0.3, 0.4) is 0 Å². The number of nitrogen functional groups attached to an aromatic ring is 2. The number of nitrogens with two attached hydrogens (primary N) is 2. The van der Waals surface area contributed by atoms with Crippen LogP contribution in [0.15, 0.2) is 41.3 Å². The molecule has 1 aliphatic rings. The van der Waals surface area contributed by atoms with Crippen LogP contribution in [0.25, 0.3) is 16.8 Å². The van der Waals surface area contributed by atoms with Crippen molar-refractivity contribution in [1.29, 1.82) is 0 Å². The van der Waals surface area contributed by atoms with Gasteiger partial charge in [0.2, 0.25) is 11.9 Å². The van der Waals surface area contributed by atoms with Gasteiger partial charge in [0, 0.05) is 5.56 Å². The summed E-state index contributed by atoms with van der Waals surface area (Å²) in [7, 11) is -3.49. The van der Waals surface area contributed by atoms with Crippen molar-refractivity contribution in [3.8, 4) is 16.8 Å². The van der Waals surface area contributed by atoms with Gasteiger partial charge < -0.3 is 11.5 Å². The van der Waals surface area contributed by atoms with Gasteiger partial charge in [0.15, 0.2) is 9.84 Å². The van der Waals surface area contributed by atoms with Gasteiger partial charge in [-0.3, -0.25) is 0 Å². The van der Waals surface area contributed by atoms with E-state index in [0.29, 0.717) is 0 Å². The van der Waals surface area contributed by atoms with Crippen LogP contribution in [0.1, 0.15) is 18.4 Å². The second-order valence-electron chi connectivity index (χ2n) is 7.34. The average molecular weight is 472 g/mol. The highest BCUT2D eigenvalue weighted by Gasteiger charge is 2.36. The molecule has 1 aromatic heterocycles. The first-order valence-electron chi connectivity index (χ1n) is 9.18. The van der Waals surface area contributed by atoms with Crippen LogP contribution in [0.4, 0.5) is 25.1 Å². The zero-order chi connectivity index (χ0) is 22.6. The van der Waals surface area contributed by atoms with Crippen LogP contribution in [0.2, 0.25) is 5.02 Å². The third-order valence-electron chi connectivity index (χ3n) is 4.93. The van der Waals surface area contributed by atoms with E-state index in [1.165, 1.54) is 30.3 Å². The molecule has 1 heterocycles. The number of rotatable bonds is 5. The van der Waals surface area contributed by atoms with Crippen LogP contribution in [-0.2, 0) is 16.0 Å². The number of alkyl halides is 3. The molecule has 0 radical (unpaired) electrons. The fraction of sp³-hybridized carbons (Fsp3) is 0.263. The first-order valence-corrected chi connectivity index (χ1v) is 11.2. The molecule has 0 saturated heterocycles. The monoisotopic (exact) mass is 471 g/mol. The van der Waals surface area contributed by atoms with Gasteiger partial charge in [-0.25, -0.2) is 8.42 Å². The summed E-state index contributed by atoms with van der Waals surface area (Å²) < 4.78 is 67.4. The molecule has 0 aliphatic heterocycles. The molecular weight excluding hydrogens is 455 g/mol. The standard InChI is InChI=1S/C19H17ClF3N5O2S/c20-15-8-12(28-18(25)26-17(24)27-28)7-14(19(21,22)23)16(15)11-3-5-13(6-4-11)31(29,30)9-10-1-2-10/h3-8,10H,1-2,9H2,(H4,24,25,26,27). The van der Waals surface area contributed by atoms with E-state index in [4.69, 9.17) is 23.1 Å². The molecule has 7 nitrogen and oxygen atoms in total. The second kappa shape index (κ2) is 7.41. The topological polar surface area (TPSA) is 117 Å². The Kier molecular flexibility index (Phi) is 5.13. The summed E-state index contributed by atoms with van der Waals surface area (Å²) in [6.07, 6.45) is -3.01. The minimum absolute atomic E-state index is 0.0397. The molecule has 0 bridgehead atoms. The lowest BCUT2D eigenvalue weighted by Gasteiger charge is -2.17. The van der Waals surface area contributed by atoms with E-state index in [1.54, 1.807) is 0 Å². The zero-order valence-electron chi connectivity index (χ0n) is 15.9. The number of sulfone groups is 1. The second-order valence-corrected chi connectivity index (χ2v) is 9.78. The third-order valence-corrected chi connectivity index (χ3v) is 7.13. The van der Waals surface area contributed by atoms with Crippen LogP contribution >= 0.6 is 11.6 Å². The molecule has 0 atom stereocenters. The Morgan fingerprint density at radius 1 is 1.13 bits per heavy atom. The van der Waals surface area contributed by atoms with Crippen molar-refractivity contribution in [3.63, 3.8) is 0 Å². The van der Waals surface area contributed by atoms with Gasteiger partial charge in [0.25, 0.3) is 0 Å². The maximum absolute atomic E-state index is 13.9. The fourth-order valence-electron chi connectivity index (χ4n) is 3.28. The first kappa shape index (κ1) is 21.4. The van der Waals surface area contributed by atoms with Crippen LogP contribution in [-0.4, -0.2) is 28.9 Å². The normalized spacial score (nSPS) is 14.7. The Hall–Kier alpha value is -2.79. The highest BCUT2D eigenvalue weighted by atomic mass is 35.5. The van der Waals surface area contributed by atoms with E-state index in [1.807, 2.05) is 0 Å². The summed E-state index contributed by atoms with van der Waals surface area (Å²) in [6, 6.07) is 7.33. The summed E-state index contributed by atoms with van der Waals surface area (Å²) in [5.41, 5.74) is 9.86. The fourth-order valence-corrected chi connectivity index (χ4v) is 5.30. The number of anilines is 2. The molecule has 3 aromatic rings. The molecule has 164 valence electrons. The van der Waals surface area contributed by atoms with Crippen molar-refractivity contribution in [3.05, 3.63) is 47.0 Å². The van der Waals surface area contributed by atoms with Gasteiger partial charge in [0.05, 0.1) is 26.9 Å². The summed E-state index contributed by atoms with van der Waals surface area (Å²) >= 11 is 6.24. The van der Waals surface area contributed by atoms with E-state index >= 15 is 0 Å². The van der Waals surface area contributed by atoms with E-state index in [-0.39, 0.29) is 50.3 Å². The van der Waals surface area contributed by atoms with Crippen molar-refractivity contribution >= 4 is 33.3 Å². The summed E-state index contributed by atoms with van der Waals surface area (Å²) in [6.45, 7) is 0. The van der Waals surface area contributed by atoms with Crippen molar-refractivity contribution in [2.45, 2.75) is 23.9 Å². The van der Waals surface area contributed by atoms with Gasteiger partial charge in [-0.15, -0.1) is 5.10 Å². The van der Waals surface area contributed by atoms with Gasteiger partial charge in [-0.1, -0.05) is 23.7 Å². The summed E-state index contributed by atoms with van der Waals surface area (Å²) in [5.74, 6) is -0.200. The van der Waals surface area contributed by atoms with Gasteiger partial charge in [-0.05, 0) is 48.6 Å². The number of halogens is 4. The smallest absolute Gasteiger partial charge is 0.368 e. The molecular formula is C19H17ClF3N5O2S. The Morgan fingerprint density at radius 2 is 1.77 bits per heavy atom. The largest absolute Gasteiger partial charge is 0.417 e. The summed E-state index contributed by atoms with van der Waals surface area (Å²) in [5, 5.41) is 3.56. The van der Waals surface area contributed by atoms with Crippen molar-refractivity contribution in [2.75, 3.05) is 17.2 Å². The van der Waals surface area contributed by atoms with Gasteiger partial charge >= 0.3 is 6.18 Å². The lowest BCUT2D eigenvalue weighted by Crippen LogP contribution is -2.11. The van der Waals surface area contributed by atoms with E-state index in [9.17, 15) is 21.6 Å². The molecule has 1 saturated carbocycles. The van der Waals surface area contributed by atoms with Crippen LogP contribution in [0.5, 0.6) is 0 Å². The van der Waals surface area contributed by atoms with Crippen molar-refractivity contribution in [1.82, 2.24) is 14.8 Å². The Bertz CT molecular complexity index is 1250. The predicted molar refractivity (Wildman–Crippen MR) is 110 cm³/mol. The van der Waals surface area contributed by atoms with Crippen LogP contribution < -0.4 is 11.5 Å². The lowest BCUT2D eigenvalue weighted by molar-refractivity contribution is -0.137. The molecule has 0 amide bonds. The summed E-state index contributed by atoms with van der Waals surface area (Å²) in [4.78, 5) is 3.74. The van der Waals surface area contributed by atoms with Crippen LogP contribution in [0, 0.1) is 5.92 Å². The van der Waals surface area contributed by atoms with E-state index in [2.05, 4.69) is 10.1 Å². The van der Waals surface area contributed by atoms with Crippen molar-refractivity contribution in [2.24, 2.45) is 5.92 Å². The van der Waals surface area contributed by atoms with E-state index in [0.717, 1.165) is 23.6 Å². The molecule has 1 fully saturated rings. The Labute approximate surface area is 180 Å². The number of hydrogen-bond donors (Lipinski definition) is 2. The number of hydrogen-bond acceptors (Lipinski definition) is 6. The molecule has 0 spiro atoms. The molecule has 12 heteroatoms. The molecule has 2 aromatic carbocycles. The molecule has 0 unspecified atom stereocenters. The highest BCUT2D eigenvalue weighted by molar-refractivity contribution is 7.91.